The molecule has 1 aromatic rings. The maximum atomic E-state index is 12.1. The van der Waals surface area contributed by atoms with Gasteiger partial charge in [-0.3, -0.25) is 4.79 Å². The maximum Gasteiger partial charge on any atom is 0.220 e. The summed E-state index contributed by atoms with van der Waals surface area (Å²) in [5, 5.41) is 4.27. The smallest absolute Gasteiger partial charge is 0.220 e. The van der Waals surface area contributed by atoms with Gasteiger partial charge in [-0.1, -0.05) is 29.6 Å². The molecule has 0 radical (unpaired) electrons. The van der Waals surface area contributed by atoms with E-state index < -0.39 is 0 Å². The number of rotatable bonds is 7. The van der Waals surface area contributed by atoms with Crippen LogP contribution < -0.4 is 10.1 Å². The molecule has 3 nitrogen and oxygen atoms in total. The fourth-order valence-electron chi connectivity index (χ4n) is 4.35. The van der Waals surface area contributed by atoms with E-state index in [-0.39, 0.29) is 5.91 Å². The molecule has 2 saturated carbocycles. The number of amides is 1. The van der Waals surface area contributed by atoms with Crippen LogP contribution in [0.25, 0.3) is 0 Å². The van der Waals surface area contributed by atoms with Crippen LogP contribution in [0.5, 0.6) is 5.75 Å². The van der Waals surface area contributed by atoms with Gasteiger partial charge in [-0.25, -0.2) is 0 Å². The number of fused-ring (bicyclic) bond motifs is 2. The zero-order valence-electron chi connectivity index (χ0n) is 14.1. The van der Waals surface area contributed by atoms with E-state index in [4.69, 9.17) is 27.9 Å². The first-order valence-electron chi connectivity index (χ1n) is 8.90. The van der Waals surface area contributed by atoms with Crippen LogP contribution in [0, 0.1) is 17.8 Å². The summed E-state index contributed by atoms with van der Waals surface area (Å²) in [6.07, 6.45) is 6.58. The van der Waals surface area contributed by atoms with Gasteiger partial charge in [-0.2, -0.15) is 0 Å². The number of benzene rings is 1. The first kappa shape index (κ1) is 17.9. The van der Waals surface area contributed by atoms with E-state index >= 15 is 0 Å². The lowest BCUT2D eigenvalue weighted by Gasteiger charge is -2.28. The molecule has 5 heteroatoms. The van der Waals surface area contributed by atoms with Crippen molar-refractivity contribution in [1.82, 2.24) is 5.32 Å². The van der Waals surface area contributed by atoms with Crippen molar-refractivity contribution < 1.29 is 9.53 Å². The number of hydrogen-bond acceptors (Lipinski definition) is 2. The summed E-state index contributed by atoms with van der Waals surface area (Å²) in [5.74, 6) is 3.15. The van der Waals surface area contributed by atoms with Crippen molar-refractivity contribution in [2.24, 2.45) is 17.8 Å². The second-order valence-electron chi connectivity index (χ2n) is 7.22. The molecule has 24 heavy (non-hydrogen) atoms. The Kier molecular flexibility index (Phi) is 5.93. The van der Waals surface area contributed by atoms with Crippen molar-refractivity contribution >= 4 is 29.1 Å². The van der Waals surface area contributed by atoms with Crippen molar-refractivity contribution in [1.29, 1.82) is 0 Å². The zero-order valence-corrected chi connectivity index (χ0v) is 15.6. The van der Waals surface area contributed by atoms with Crippen LogP contribution in [0.2, 0.25) is 10.0 Å². The molecule has 0 heterocycles. The van der Waals surface area contributed by atoms with Crippen molar-refractivity contribution in [3.63, 3.8) is 0 Å². The molecule has 0 spiro atoms. The van der Waals surface area contributed by atoms with Crippen LogP contribution in [0.3, 0.4) is 0 Å². The van der Waals surface area contributed by atoms with Gasteiger partial charge in [0.05, 0.1) is 11.6 Å². The molecule has 2 bridgehead atoms. The average Bonchev–Trinajstić information content (AvgIpc) is 3.16. The Balaban J connectivity index is 1.35. The highest BCUT2D eigenvalue weighted by atomic mass is 35.5. The Morgan fingerprint density at radius 2 is 2.17 bits per heavy atom. The molecular formula is C19H25Cl2NO2. The fraction of sp³-hybridized carbons (Fsp3) is 0.632. The van der Waals surface area contributed by atoms with E-state index in [1.165, 1.54) is 25.7 Å². The first-order chi connectivity index (χ1) is 11.5. The molecule has 4 unspecified atom stereocenters. The van der Waals surface area contributed by atoms with Crippen molar-refractivity contribution in [2.45, 2.75) is 51.5 Å². The minimum absolute atomic E-state index is 0.121. The van der Waals surface area contributed by atoms with Gasteiger partial charge < -0.3 is 10.1 Å². The highest BCUT2D eigenvalue weighted by molar-refractivity contribution is 6.35. The van der Waals surface area contributed by atoms with E-state index in [1.807, 2.05) is 0 Å². The molecule has 3 rings (SSSR count). The van der Waals surface area contributed by atoms with E-state index in [2.05, 4.69) is 12.2 Å². The number of nitrogens with one attached hydrogen (secondary N) is 1. The molecule has 1 aromatic carbocycles. The molecule has 2 aliphatic carbocycles. The molecule has 0 aliphatic heterocycles. The van der Waals surface area contributed by atoms with Gasteiger partial charge >= 0.3 is 0 Å². The summed E-state index contributed by atoms with van der Waals surface area (Å²) in [6, 6.07) is 5.44. The standard InChI is InChI=1S/C19H25Cl2NO2/c1-12(16-10-13-4-5-14(16)9-13)22-19(23)3-2-8-24-18-7-6-15(20)11-17(18)21/h6-7,11-14,16H,2-5,8-10H2,1H3,(H,22,23). The summed E-state index contributed by atoms with van der Waals surface area (Å²) >= 11 is 11.9. The molecule has 4 atom stereocenters. The number of ether oxygens (including phenoxy) is 1. The van der Waals surface area contributed by atoms with Crippen molar-refractivity contribution in [3.8, 4) is 5.75 Å². The van der Waals surface area contributed by atoms with Gasteiger partial charge in [-0.15, -0.1) is 0 Å². The van der Waals surface area contributed by atoms with Gasteiger partial charge in [0.25, 0.3) is 0 Å². The lowest BCUT2D eigenvalue weighted by Crippen LogP contribution is -2.40. The zero-order chi connectivity index (χ0) is 17.1. The fourth-order valence-corrected chi connectivity index (χ4v) is 4.81. The Bertz CT molecular complexity index is 593. The Hall–Kier alpha value is -0.930. The number of carbonyl (C=O) groups excluding carboxylic acids is 1. The van der Waals surface area contributed by atoms with Gasteiger partial charge in [0, 0.05) is 17.5 Å². The Morgan fingerprint density at radius 3 is 2.83 bits per heavy atom. The van der Waals surface area contributed by atoms with Gasteiger partial charge in [0.2, 0.25) is 5.91 Å². The van der Waals surface area contributed by atoms with Crippen molar-refractivity contribution in [3.05, 3.63) is 28.2 Å². The quantitative estimate of drug-likeness (QED) is 0.679. The highest BCUT2D eigenvalue weighted by Crippen LogP contribution is 2.49. The van der Waals surface area contributed by atoms with Crippen LogP contribution in [-0.4, -0.2) is 18.6 Å². The summed E-state index contributed by atoms with van der Waals surface area (Å²) in [6.45, 7) is 2.63. The van der Waals surface area contributed by atoms with Crippen LogP contribution >= 0.6 is 23.2 Å². The Morgan fingerprint density at radius 1 is 1.33 bits per heavy atom. The number of carbonyl (C=O) groups is 1. The molecule has 132 valence electrons. The van der Waals surface area contributed by atoms with Crippen LogP contribution in [0.4, 0.5) is 0 Å². The van der Waals surface area contributed by atoms with Gasteiger partial charge in [-0.05, 0) is 68.6 Å². The molecule has 0 saturated heterocycles. The third kappa shape index (κ3) is 4.37. The number of halogens is 2. The maximum absolute atomic E-state index is 12.1. The summed E-state index contributed by atoms with van der Waals surface area (Å²) in [7, 11) is 0. The van der Waals surface area contributed by atoms with E-state index in [1.54, 1.807) is 18.2 Å². The van der Waals surface area contributed by atoms with E-state index in [0.717, 1.165) is 11.8 Å². The van der Waals surface area contributed by atoms with Crippen LogP contribution in [0.15, 0.2) is 18.2 Å². The van der Waals surface area contributed by atoms with E-state index in [0.29, 0.717) is 47.2 Å². The van der Waals surface area contributed by atoms with Crippen LogP contribution in [0.1, 0.15) is 45.4 Å². The lowest BCUT2D eigenvalue weighted by atomic mass is 9.84. The minimum Gasteiger partial charge on any atom is -0.492 e. The number of hydrogen-bond donors (Lipinski definition) is 1. The molecule has 1 N–H and O–H groups in total. The highest BCUT2D eigenvalue weighted by Gasteiger charge is 2.41. The molecule has 2 aliphatic rings. The molecule has 1 amide bonds. The van der Waals surface area contributed by atoms with E-state index in [9.17, 15) is 4.79 Å². The average molecular weight is 370 g/mol. The lowest BCUT2D eigenvalue weighted by molar-refractivity contribution is -0.122. The minimum atomic E-state index is 0.121. The Labute approximate surface area is 154 Å². The van der Waals surface area contributed by atoms with Crippen LogP contribution in [-0.2, 0) is 4.79 Å². The summed E-state index contributed by atoms with van der Waals surface area (Å²) < 4.78 is 5.62. The largest absolute Gasteiger partial charge is 0.492 e. The molecular weight excluding hydrogens is 345 g/mol. The topological polar surface area (TPSA) is 38.3 Å². The third-order valence-corrected chi connectivity index (χ3v) is 6.05. The second-order valence-corrected chi connectivity index (χ2v) is 8.07. The van der Waals surface area contributed by atoms with Gasteiger partial charge in [0.15, 0.2) is 0 Å². The predicted octanol–water partition coefficient (Wildman–Crippen LogP) is 5.09. The normalized spacial score (nSPS) is 26.4. The summed E-state index contributed by atoms with van der Waals surface area (Å²) in [4.78, 5) is 12.1. The third-order valence-electron chi connectivity index (χ3n) is 5.52. The monoisotopic (exact) mass is 369 g/mol. The van der Waals surface area contributed by atoms with Crippen molar-refractivity contribution in [2.75, 3.05) is 6.61 Å². The predicted molar refractivity (Wildman–Crippen MR) is 97.7 cm³/mol. The first-order valence-corrected chi connectivity index (χ1v) is 9.65. The molecule has 2 fully saturated rings. The van der Waals surface area contributed by atoms with Gasteiger partial charge in [0.1, 0.15) is 5.75 Å². The summed E-state index contributed by atoms with van der Waals surface area (Å²) in [5.41, 5.74) is 0. The second kappa shape index (κ2) is 7.97. The molecule has 0 aromatic heterocycles. The SMILES string of the molecule is CC(NC(=O)CCCOc1ccc(Cl)cc1Cl)C1CC2CCC1C2.